The molecule has 5 heteroatoms. The summed E-state index contributed by atoms with van der Waals surface area (Å²) in [7, 11) is 1.84. The zero-order valence-corrected chi connectivity index (χ0v) is 9.99. The lowest BCUT2D eigenvalue weighted by atomic mass is 10.2. The van der Waals surface area contributed by atoms with Crippen molar-refractivity contribution < 1.29 is 4.79 Å². The fourth-order valence-corrected chi connectivity index (χ4v) is 1.79. The standard InChI is InChI=1S/C10H17N3OS/c1-3-4-5-9(14)12-6-8-7-15-10(11-2)13-8/h7H,3-6H2,1-2H3,(H,11,13)(H,12,14). The second-order valence-corrected chi connectivity index (χ2v) is 4.13. The van der Waals surface area contributed by atoms with E-state index in [0.29, 0.717) is 13.0 Å². The van der Waals surface area contributed by atoms with Gasteiger partial charge in [0.25, 0.3) is 0 Å². The van der Waals surface area contributed by atoms with E-state index in [4.69, 9.17) is 0 Å². The van der Waals surface area contributed by atoms with E-state index in [-0.39, 0.29) is 5.91 Å². The highest BCUT2D eigenvalue weighted by molar-refractivity contribution is 7.13. The van der Waals surface area contributed by atoms with Gasteiger partial charge in [0.1, 0.15) is 0 Å². The number of aromatic nitrogens is 1. The molecule has 0 saturated heterocycles. The number of amides is 1. The number of unbranched alkanes of at least 4 members (excludes halogenated alkanes) is 1. The van der Waals surface area contributed by atoms with Crippen molar-refractivity contribution in [2.24, 2.45) is 0 Å². The summed E-state index contributed by atoms with van der Waals surface area (Å²) in [5, 5.41) is 8.65. The molecule has 15 heavy (non-hydrogen) atoms. The van der Waals surface area contributed by atoms with Crippen LogP contribution in [-0.4, -0.2) is 17.9 Å². The second-order valence-electron chi connectivity index (χ2n) is 3.27. The predicted octanol–water partition coefficient (Wildman–Crippen LogP) is 1.99. The summed E-state index contributed by atoms with van der Waals surface area (Å²) >= 11 is 1.55. The molecule has 0 aliphatic carbocycles. The molecule has 2 N–H and O–H groups in total. The van der Waals surface area contributed by atoms with Gasteiger partial charge in [0.15, 0.2) is 5.13 Å². The van der Waals surface area contributed by atoms with Crippen LogP contribution in [0.5, 0.6) is 0 Å². The van der Waals surface area contributed by atoms with Crippen LogP contribution in [0.15, 0.2) is 5.38 Å². The molecule has 1 rings (SSSR count). The normalized spacial score (nSPS) is 10.0. The zero-order valence-electron chi connectivity index (χ0n) is 9.17. The molecule has 0 saturated carbocycles. The lowest BCUT2D eigenvalue weighted by molar-refractivity contribution is -0.121. The summed E-state index contributed by atoms with van der Waals surface area (Å²) in [6, 6.07) is 0. The summed E-state index contributed by atoms with van der Waals surface area (Å²) in [5.74, 6) is 0.107. The van der Waals surface area contributed by atoms with Gasteiger partial charge in [0.2, 0.25) is 5.91 Å². The van der Waals surface area contributed by atoms with Gasteiger partial charge in [-0.3, -0.25) is 4.79 Å². The molecule has 0 spiro atoms. The van der Waals surface area contributed by atoms with Gasteiger partial charge in [-0.15, -0.1) is 11.3 Å². The molecule has 1 aromatic heterocycles. The van der Waals surface area contributed by atoms with Crippen LogP contribution in [0.1, 0.15) is 31.9 Å². The third-order valence-corrected chi connectivity index (χ3v) is 2.90. The molecule has 84 valence electrons. The molecule has 0 radical (unpaired) electrons. The van der Waals surface area contributed by atoms with Gasteiger partial charge in [0, 0.05) is 18.8 Å². The molecule has 1 aromatic rings. The molecule has 0 unspecified atom stereocenters. The number of carbonyl (C=O) groups excluding carboxylic acids is 1. The minimum absolute atomic E-state index is 0.107. The van der Waals surface area contributed by atoms with Crippen LogP contribution in [0, 0.1) is 0 Å². The number of hydrogen-bond acceptors (Lipinski definition) is 4. The Bertz CT molecular complexity index is 311. The quantitative estimate of drug-likeness (QED) is 0.781. The molecular formula is C10H17N3OS. The third-order valence-electron chi connectivity index (χ3n) is 1.99. The van der Waals surface area contributed by atoms with Crippen molar-refractivity contribution in [2.75, 3.05) is 12.4 Å². The smallest absolute Gasteiger partial charge is 0.220 e. The Hall–Kier alpha value is -1.10. The number of carbonyl (C=O) groups is 1. The summed E-state index contributed by atoms with van der Waals surface area (Å²) in [4.78, 5) is 15.6. The molecule has 4 nitrogen and oxygen atoms in total. The first-order valence-electron chi connectivity index (χ1n) is 5.15. The monoisotopic (exact) mass is 227 g/mol. The maximum absolute atomic E-state index is 11.3. The van der Waals surface area contributed by atoms with E-state index in [1.807, 2.05) is 12.4 Å². The van der Waals surface area contributed by atoms with Gasteiger partial charge >= 0.3 is 0 Å². The van der Waals surface area contributed by atoms with Gasteiger partial charge in [-0.1, -0.05) is 13.3 Å². The first-order chi connectivity index (χ1) is 7.26. The van der Waals surface area contributed by atoms with Crippen LogP contribution in [0.4, 0.5) is 5.13 Å². The number of thiazole rings is 1. The summed E-state index contributed by atoms with van der Waals surface area (Å²) in [5.41, 5.74) is 0.911. The van der Waals surface area contributed by atoms with Crippen LogP contribution < -0.4 is 10.6 Å². The summed E-state index contributed by atoms with van der Waals surface area (Å²) in [6.45, 7) is 2.60. The molecule has 0 aromatic carbocycles. The molecule has 1 heterocycles. The van der Waals surface area contributed by atoms with Crippen LogP contribution in [0.2, 0.25) is 0 Å². The Morgan fingerprint density at radius 2 is 2.40 bits per heavy atom. The lowest BCUT2D eigenvalue weighted by Gasteiger charge is -2.01. The average molecular weight is 227 g/mol. The minimum Gasteiger partial charge on any atom is -0.365 e. The van der Waals surface area contributed by atoms with E-state index in [0.717, 1.165) is 23.7 Å². The topological polar surface area (TPSA) is 54.0 Å². The maximum Gasteiger partial charge on any atom is 0.220 e. The fourth-order valence-electron chi connectivity index (χ4n) is 1.12. The minimum atomic E-state index is 0.107. The van der Waals surface area contributed by atoms with E-state index in [9.17, 15) is 4.79 Å². The van der Waals surface area contributed by atoms with E-state index in [1.54, 1.807) is 11.3 Å². The summed E-state index contributed by atoms with van der Waals surface area (Å²) < 4.78 is 0. The number of hydrogen-bond donors (Lipinski definition) is 2. The molecule has 0 bridgehead atoms. The summed E-state index contributed by atoms with van der Waals surface area (Å²) in [6.07, 6.45) is 2.61. The van der Waals surface area contributed by atoms with Crippen molar-refractivity contribution in [2.45, 2.75) is 32.7 Å². The molecule has 1 amide bonds. The Kier molecular flexibility index (Phi) is 5.10. The Labute approximate surface area is 94.1 Å². The van der Waals surface area contributed by atoms with Gasteiger partial charge in [0.05, 0.1) is 12.2 Å². The number of rotatable bonds is 6. The second kappa shape index (κ2) is 6.40. The Morgan fingerprint density at radius 3 is 3.00 bits per heavy atom. The highest BCUT2D eigenvalue weighted by Gasteiger charge is 2.03. The largest absolute Gasteiger partial charge is 0.365 e. The van der Waals surface area contributed by atoms with E-state index >= 15 is 0 Å². The van der Waals surface area contributed by atoms with Gasteiger partial charge in [-0.05, 0) is 6.42 Å². The average Bonchev–Trinajstić information content (AvgIpc) is 2.71. The fraction of sp³-hybridized carbons (Fsp3) is 0.600. The first-order valence-corrected chi connectivity index (χ1v) is 6.03. The van der Waals surface area contributed by atoms with Crippen molar-refractivity contribution in [1.29, 1.82) is 0 Å². The zero-order chi connectivity index (χ0) is 11.1. The van der Waals surface area contributed by atoms with Gasteiger partial charge in [-0.2, -0.15) is 0 Å². The van der Waals surface area contributed by atoms with Crippen LogP contribution >= 0.6 is 11.3 Å². The van der Waals surface area contributed by atoms with Crippen molar-refractivity contribution in [3.8, 4) is 0 Å². The van der Waals surface area contributed by atoms with Crippen LogP contribution in [0.3, 0.4) is 0 Å². The van der Waals surface area contributed by atoms with E-state index < -0.39 is 0 Å². The Morgan fingerprint density at radius 1 is 1.60 bits per heavy atom. The highest BCUT2D eigenvalue weighted by atomic mass is 32.1. The predicted molar refractivity (Wildman–Crippen MR) is 63.0 cm³/mol. The highest BCUT2D eigenvalue weighted by Crippen LogP contribution is 2.13. The number of nitrogens with one attached hydrogen (secondary N) is 2. The molecular weight excluding hydrogens is 210 g/mol. The van der Waals surface area contributed by atoms with Crippen LogP contribution in [0.25, 0.3) is 0 Å². The van der Waals surface area contributed by atoms with Gasteiger partial charge in [-0.25, -0.2) is 4.98 Å². The lowest BCUT2D eigenvalue weighted by Crippen LogP contribution is -2.22. The third kappa shape index (κ3) is 4.29. The van der Waals surface area contributed by atoms with Crippen molar-refractivity contribution in [3.63, 3.8) is 0 Å². The van der Waals surface area contributed by atoms with Gasteiger partial charge < -0.3 is 10.6 Å². The molecule has 0 fully saturated rings. The van der Waals surface area contributed by atoms with Crippen molar-refractivity contribution in [3.05, 3.63) is 11.1 Å². The maximum atomic E-state index is 11.3. The molecule has 0 atom stereocenters. The SMILES string of the molecule is CCCCC(=O)NCc1csc(NC)n1. The first kappa shape index (κ1) is 12.0. The van der Waals surface area contributed by atoms with Crippen molar-refractivity contribution >= 4 is 22.4 Å². The van der Waals surface area contributed by atoms with E-state index in [2.05, 4.69) is 22.5 Å². The molecule has 0 aliphatic heterocycles. The van der Waals surface area contributed by atoms with Crippen molar-refractivity contribution in [1.82, 2.24) is 10.3 Å². The molecule has 0 aliphatic rings. The number of anilines is 1. The Balaban J connectivity index is 2.27. The van der Waals surface area contributed by atoms with Crippen LogP contribution in [-0.2, 0) is 11.3 Å². The van der Waals surface area contributed by atoms with E-state index in [1.165, 1.54) is 0 Å². The number of nitrogens with zero attached hydrogens (tertiary/aromatic N) is 1.